The van der Waals surface area contributed by atoms with Crippen LogP contribution in [0.3, 0.4) is 0 Å². The summed E-state index contributed by atoms with van der Waals surface area (Å²) < 4.78 is 73.9. The van der Waals surface area contributed by atoms with Gasteiger partial charge in [0.25, 0.3) is 5.69 Å². The Bertz CT molecular complexity index is 1320. The second-order valence-electron chi connectivity index (χ2n) is 7.84. The van der Waals surface area contributed by atoms with E-state index in [1.54, 1.807) is 30.8 Å². The molecule has 0 radical (unpaired) electrons. The van der Waals surface area contributed by atoms with Crippen LogP contribution in [-0.4, -0.2) is 28.3 Å². The van der Waals surface area contributed by atoms with E-state index in [-0.39, 0.29) is 27.8 Å². The fourth-order valence-electron chi connectivity index (χ4n) is 3.67. The summed E-state index contributed by atoms with van der Waals surface area (Å²) in [4.78, 5) is -0.345. The van der Waals surface area contributed by atoms with E-state index in [9.17, 15) is 21.2 Å². The Morgan fingerprint density at radius 1 is 0.875 bits per heavy atom. The molecule has 0 fully saturated rings. The third kappa shape index (κ3) is 4.78. The zero-order chi connectivity index (χ0) is 23.7. The highest BCUT2D eigenvalue weighted by Crippen LogP contribution is 2.39. The molecule has 172 valence electrons. The zero-order valence-corrected chi connectivity index (χ0v) is 20.2. The third-order valence-electron chi connectivity index (χ3n) is 4.85. The van der Waals surface area contributed by atoms with E-state index in [1.165, 1.54) is 24.3 Å². The van der Waals surface area contributed by atoms with Gasteiger partial charge in [-0.3, -0.25) is 0 Å². The Labute approximate surface area is 188 Å². The average molecular weight is 481 g/mol. The first-order valence-electron chi connectivity index (χ1n) is 10.4. The van der Waals surface area contributed by atoms with Crippen LogP contribution < -0.4 is 4.57 Å². The summed E-state index contributed by atoms with van der Waals surface area (Å²) in [5.41, 5.74) is 2.20. The number of benzene rings is 1. The molecular weight excluding hydrogens is 453 g/mol. The van der Waals surface area contributed by atoms with Gasteiger partial charge in [-0.25, -0.2) is 21.2 Å². The van der Waals surface area contributed by atoms with Crippen molar-refractivity contribution in [2.45, 2.75) is 50.5 Å². The Hall–Kier alpha value is -2.52. The van der Waals surface area contributed by atoms with Gasteiger partial charge >= 0.3 is 0 Å². The SMILES string of the molecule is CCCS(=O)(=O)c1oc(-c2ccc(F)cc2)c(-[n+]2cc(C)cc(C)c2)c1S(=O)(=O)CCC. The fraction of sp³-hybridized carbons (Fsp3) is 0.348. The van der Waals surface area contributed by atoms with Crippen LogP contribution in [0.2, 0.25) is 0 Å². The van der Waals surface area contributed by atoms with Crippen LogP contribution in [0.5, 0.6) is 0 Å². The first kappa shape index (κ1) is 24.1. The average Bonchev–Trinajstić information content (AvgIpc) is 3.10. The molecule has 2 aromatic heterocycles. The molecule has 0 N–H and O–H groups in total. The summed E-state index contributed by atoms with van der Waals surface area (Å²) in [6.07, 6.45) is 4.04. The molecule has 0 unspecified atom stereocenters. The first-order valence-corrected chi connectivity index (χ1v) is 13.7. The number of hydrogen-bond donors (Lipinski definition) is 0. The van der Waals surface area contributed by atoms with Crippen LogP contribution in [0, 0.1) is 19.7 Å². The van der Waals surface area contributed by atoms with Crippen molar-refractivity contribution in [2.24, 2.45) is 0 Å². The second-order valence-corrected chi connectivity index (χ2v) is 11.9. The molecule has 3 rings (SSSR count). The highest BCUT2D eigenvalue weighted by atomic mass is 32.2. The largest absolute Gasteiger partial charge is 0.436 e. The quantitative estimate of drug-likeness (QED) is 0.448. The van der Waals surface area contributed by atoms with E-state index in [4.69, 9.17) is 4.42 Å². The molecule has 0 aliphatic carbocycles. The van der Waals surface area contributed by atoms with Crippen LogP contribution in [0.25, 0.3) is 17.0 Å². The number of nitrogens with zero attached hydrogens (tertiary/aromatic N) is 1. The van der Waals surface area contributed by atoms with Crippen molar-refractivity contribution in [2.75, 3.05) is 11.5 Å². The van der Waals surface area contributed by atoms with Crippen molar-refractivity contribution in [1.82, 2.24) is 0 Å². The topological polar surface area (TPSA) is 85.3 Å². The number of aromatic nitrogens is 1. The van der Waals surface area contributed by atoms with Gasteiger partial charge in [-0.15, -0.1) is 0 Å². The zero-order valence-electron chi connectivity index (χ0n) is 18.6. The molecule has 3 aromatic rings. The Morgan fingerprint density at radius 2 is 1.41 bits per heavy atom. The maximum Gasteiger partial charge on any atom is 0.277 e. The molecule has 0 aliphatic rings. The van der Waals surface area contributed by atoms with Crippen LogP contribution in [-0.2, 0) is 19.7 Å². The highest BCUT2D eigenvalue weighted by molar-refractivity contribution is 7.94. The number of halogens is 1. The standard InChI is InChI=1S/C23H27FNO5S2/c1-5-11-31(26,27)22-20(25-14-16(3)13-17(4)15-25)21(18-7-9-19(24)10-8-18)30-23(22)32(28,29)12-6-2/h7-10,13-15H,5-6,11-12H2,1-4H3/q+1. The van der Waals surface area contributed by atoms with Crippen LogP contribution in [0.1, 0.15) is 37.8 Å². The van der Waals surface area contributed by atoms with Gasteiger partial charge in [-0.2, -0.15) is 4.57 Å². The van der Waals surface area contributed by atoms with Gasteiger partial charge in [0.2, 0.25) is 20.7 Å². The predicted molar refractivity (Wildman–Crippen MR) is 120 cm³/mol. The van der Waals surface area contributed by atoms with Crippen molar-refractivity contribution < 1.29 is 30.2 Å². The normalized spacial score (nSPS) is 12.3. The van der Waals surface area contributed by atoms with Crippen LogP contribution in [0.15, 0.2) is 57.1 Å². The highest BCUT2D eigenvalue weighted by Gasteiger charge is 2.41. The summed E-state index contributed by atoms with van der Waals surface area (Å²) in [5.74, 6) is -0.903. The maximum absolute atomic E-state index is 13.6. The molecule has 1 aromatic carbocycles. The number of sulfone groups is 2. The summed E-state index contributed by atoms with van der Waals surface area (Å²) >= 11 is 0. The van der Waals surface area contributed by atoms with Gasteiger partial charge in [0.15, 0.2) is 27.1 Å². The number of pyridine rings is 1. The second kappa shape index (κ2) is 9.15. The van der Waals surface area contributed by atoms with Crippen molar-refractivity contribution >= 4 is 19.7 Å². The predicted octanol–water partition coefficient (Wildman–Crippen LogP) is 4.35. The van der Waals surface area contributed by atoms with E-state index < -0.39 is 30.6 Å². The Morgan fingerprint density at radius 3 is 1.94 bits per heavy atom. The Balaban J connectivity index is 2.52. The number of furan rings is 1. The number of rotatable bonds is 8. The molecule has 0 atom stereocenters. The van der Waals surface area contributed by atoms with E-state index in [2.05, 4.69) is 0 Å². The first-order chi connectivity index (χ1) is 15.0. The van der Waals surface area contributed by atoms with Gasteiger partial charge < -0.3 is 4.42 Å². The summed E-state index contributed by atoms with van der Waals surface area (Å²) in [6.45, 7) is 7.12. The van der Waals surface area contributed by atoms with E-state index >= 15 is 0 Å². The minimum absolute atomic E-state index is 0.0596. The molecule has 9 heteroatoms. The summed E-state index contributed by atoms with van der Waals surface area (Å²) in [6, 6.07) is 7.23. The van der Waals surface area contributed by atoms with Gasteiger partial charge in [0.1, 0.15) is 5.82 Å². The lowest BCUT2D eigenvalue weighted by molar-refractivity contribution is -0.598. The molecule has 6 nitrogen and oxygen atoms in total. The molecular formula is C23H27FNO5S2+. The van der Waals surface area contributed by atoms with Gasteiger partial charge in [0, 0.05) is 16.7 Å². The molecule has 0 aliphatic heterocycles. The van der Waals surface area contributed by atoms with Gasteiger partial charge in [-0.05, 0) is 57.0 Å². The summed E-state index contributed by atoms with van der Waals surface area (Å²) in [5, 5.41) is -0.561. The fourth-order valence-corrected chi connectivity index (χ4v) is 7.27. The van der Waals surface area contributed by atoms with Crippen molar-refractivity contribution in [1.29, 1.82) is 0 Å². The maximum atomic E-state index is 13.6. The lowest BCUT2D eigenvalue weighted by Crippen LogP contribution is -2.33. The van der Waals surface area contributed by atoms with Crippen molar-refractivity contribution in [3.05, 3.63) is 59.7 Å². The van der Waals surface area contributed by atoms with Gasteiger partial charge in [0.05, 0.1) is 11.5 Å². The minimum atomic E-state index is -4.02. The van der Waals surface area contributed by atoms with Gasteiger partial charge in [-0.1, -0.05) is 13.8 Å². The Kier molecular flexibility index (Phi) is 6.90. The van der Waals surface area contributed by atoms with Crippen LogP contribution >= 0.6 is 0 Å². The third-order valence-corrected chi connectivity index (χ3v) is 8.73. The van der Waals surface area contributed by atoms with Crippen molar-refractivity contribution in [3.63, 3.8) is 0 Å². The molecule has 0 spiro atoms. The van der Waals surface area contributed by atoms with E-state index in [0.29, 0.717) is 18.4 Å². The van der Waals surface area contributed by atoms with Crippen molar-refractivity contribution in [3.8, 4) is 17.0 Å². The lowest BCUT2D eigenvalue weighted by Gasteiger charge is -2.06. The number of hydrogen-bond acceptors (Lipinski definition) is 5. The molecule has 0 saturated carbocycles. The molecule has 0 bridgehead atoms. The molecule has 0 amide bonds. The minimum Gasteiger partial charge on any atom is -0.436 e. The van der Waals surface area contributed by atoms with E-state index in [1.807, 2.05) is 19.9 Å². The van der Waals surface area contributed by atoms with Crippen LogP contribution in [0.4, 0.5) is 4.39 Å². The lowest BCUT2D eigenvalue weighted by atomic mass is 10.1. The molecule has 32 heavy (non-hydrogen) atoms. The number of aryl methyl sites for hydroxylation is 2. The monoisotopic (exact) mass is 480 g/mol. The summed E-state index contributed by atoms with van der Waals surface area (Å²) in [7, 11) is -8.03. The smallest absolute Gasteiger partial charge is 0.277 e. The molecule has 0 saturated heterocycles. The van der Waals surface area contributed by atoms with E-state index in [0.717, 1.165) is 11.1 Å². The molecule has 2 heterocycles.